The monoisotopic (exact) mass is 859 g/mol. The molecule has 0 aromatic heterocycles. The van der Waals surface area contributed by atoms with Crippen LogP contribution < -0.4 is 0 Å². The predicted molar refractivity (Wildman–Crippen MR) is 252 cm³/mol. The molecule has 10 heteroatoms. The third-order valence-corrected chi connectivity index (χ3v) is 10.1. The van der Waals surface area contributed by atoms with E-state index in [9.17, 15) is 19.0 Å². The summed E-state index contributed by atoms with van der Waals surface area (Å²) in [6.07, 6.45) is 54.6. The molecule has 0 fully saturated rings. The molecule has 60 heavy (non-hydrogen) atoms. The van der Waals surface area contributed by atoms with Crippen molar-refractivity contribution in [2.45, 2.75) is 161 Å². The first-order chi connectivity index (χ1) is 29.0. The topological polar surface area (TPSA) is 108 Å². The number of carbonyl (C=O) groups excluding carboxylic acids is 2. The average Bonchev–Trinajstić information content (AvgIpc) is 3.20. The molecule has 342 valence electrons. The summed E-state index contributed by atoms with van der Waals surface area (Å²) in [6.45, 7) is 4.24. The van der Waals surface area contributed by atoms with Crippen LogP contribution in [0.15, 0.2) is 97.2 Å². The minimum atomic E-state index is -4.41. The smallest absolute Gasteiger partial charge is 0.462 e. The Kier molecular flexibility index (Phi) is 39.2. The molecule has 0 rings (SSSR count). The lowest BCUT2D eigenvalue weighted by Crippen LogP contribution is -2.37. The van der Waals surface area contributed by atoms with E-state index in [1.807, 2.05) is 27.2 Å². The zero-order valence-corrected chi connectivity index (χ0v) is 39.3. The lowest BCUT2D eigenvalue weighted by molar-refractivity contribution is -0.870. The molecular formula is C50H85NO8P+. The number of nitrogens with zero attached hydrogens (tertiary/aromatic N) is 1. The summed E-state index contributed by atoms with van der Waals surface area (Å²) in [5.41, 5.74) is 0. The van der Waals surface area contributed by atoms with Crippen LogP contribution in [0.3, 0.4) is 0 Å². The van der Waals surface area contributed by atoms with Crippen molar-refractivity contribution in [3.8, 4) is 0 Å². The van der Waals surface area contributed by atoms with Crippen molar-refractivity contribution >= 4 is 19.8 Å². The maximum Gasteiger partial charge on any atom is 0.472 e. The number of likely N-dealkylation sites (N-methyl/N-ethyl adjacent to an activating group) is 1. The van der Waals surface area contributed by atoms with Crippen LogP contribution in [0.2, 0.25) is 0 Å². The minimum Gasteiger partial charge on any atom is -0.462 e. The standard InChI is InChI=1S/C50H84NO8P/c1-6-8-10-12-14-16-18-20-22-24-25-27-28-30-32-34-36-38-40-42-49(52)56-46-48(47-58-60(54,55)57-45-44-51(3,4)5)59-50(53)43-41-39-37-35-33-31-29-26-23-21-19-17-15-13-11-9-7-2/h14-17,20-23,25,27,29-32,35,37,48H,6-13,18-19,24,26,28,33-34,36,38-47H2,1-5H3/p+1/b16-14+,17-15+,22-20+,23-21+,27-25+,31-29+,32-30+,37-35+/t48-/m1/s1. The molecule has 0 aliphatic rings. The Morgan fingerprint density at radius 2 is 0.917 bits per heavy atom. The molecular weight excluding hydrogens is 774 g/mol. The summed E-state index contributed by atoms with van der Waals surface area (Å²) >= 11 is 0. The Bertz CT molecular complexity index is 1340. The number of hydrogen-bond donors (Lipinski definition) is 1. The first kappa shape index (κ1) is 56.9. The molecule has 9 nitrogen and oxygen atoms in total. The Hall–Kier alpha value is -3.07. The Morgan fingerprint density at radius 1 is 0.517 bits per heavy atom. The van der Waals surface area contributed by atoms with Crippen molar-refractivity contribution in [1.82, 2.24) is 0 Å². The van der Waals surface area contributed by atoms with Crippen LogP contribution in [0.5, 0.6) is 0 Å². The van der Waals surface area contributed by atoms with Gasteiger partial charge in [0.25, 0.3) is 0 Å². The molecule has 1 unspecified atom stereocenters. The molecule has 0 aliphatic carbocycles. The van der Waals surface area contributed by atoms with E-state index < -0.39 is 32.5 Å². The predicted octanol–water partition coefficient (Wildman–Crippen LogP) is 13.4. The number of ether oxygens (including phenoxy) is 2. The maximum atomic E-state index is 12.7. The van der Waals surface area contributed by atoms with Crippen LogP contribution in [0, 0.1) is 0 Å². The third-order valence-electron chi connectivity index (χ3n) is 9.09. The first-order valence-electron chi connectivity index (χ1n) is 23.0. The highest BCUT2D eigenvalue weighted by Crippen LogP contribution is 2.43. The SMILES string of the molecule is CCCCC/C=C/C/C=C/C/C=C/C/C=C/CCCCCC(=O)OC[C@H](COP(=O)(O)OCC[N+](C)(C)C)OC(=O)CCC/C=C/C/C=C/C/C=C/C/C=C/CCCCC. The fourth-order valence-corrected chi connectivity index (χ4v) is 6.20. The number of allylic oxidation sites excluding steroid dienone is 16. The van der Waals surface area contributed by atoms with Gasteiger partial charge in [-0.25, -0.2) is 4.57 Å². The van der Waals surface area contributed by atoms with E-state index in [2.05, 4.69) is 105 Å². The van der Waals surface area contributed by atoms with Crippen LogP contribution in [0.4, 0.5) is 0 Å². The molecule has 0 aromatic carbocycles. The van der Waals surface area contributed by atoms with E-state index in [0.717, 1.165) is 57.8 Å². The van der Waals surface area contributed by atoms with Crippen molar-refractivity contribution in [1.29, 1.82) is 0 Å². The van der Waals surface area contributed by atoms with Crippen molar-refractivity contribution in [3.63, 3.8) is 0 Å². The Labute approximate surface area is 366 Å². The number of quaternary nitrogens is 1. The van der Waals surface area contributed by atoms with Gasteiger partial charge in [-0.3, -0.25) is 18.6 Å². The zero-order valence-electron chi connectivity index (χ0n) is 38.4. The van der Waals surface area contributed by atoms with Gasteiger partial charge in [0.2, 0.25) is 0 Å². The van der Waals surface area contributed by atoms with Crippen LogP contribution >= 0.6 is 7.82 Å². The van der Waals surface area contributed by atoms with Gasteiger partial charge < -0.3 is 18.9 Å². The molecule has 0 spiro atoms. The molecule has 0 aliphatic heterocycles. The van der Waals surface area contributed by atoms with Crippen molar-refractivity contribution in [3.05, 3.63) is 97.2 Å². The van der Waals surface area contributed by atoms with Gasteiger partial charge in [0.1, 0.15) is 19.8 Å². The molecule has 0 saturated heterocycles. The van der Waals surface area contributed by atoms with Crippen LogP contribution in [-0.2, 0) is 32.7 Å². The number of esters is 2. The third kappa shape index (κ3) is 44.5. The van der Waals surface area contributed by atoms with Gasteiger partial charge in [-0.1, -0.05) is 143 Å². The highest BCUT2D eigenvalue weighted by atomic mass is 31.2. The largest absolute Gasteiger partial charge is 0.472 e. The van der Waals surface area contributed by atoms with Gasteiger partial charge in [-0.05, 0) is 96.3 Å². The summed E-state index contributed by atoms with van der Waals surface area (Å²) in [4.78, 5) is 35.4. The number of rotatable bonds is 40. The molecule has 2 atom stereocenters. The fourth-order valence-electron chi connectivity index (χ4n) is 5.46. The number of unbranched alkanes of at least 4 members (excludes halogenated alkanes) is 10. The quantitative estimate of drug-likeness (QED) is 0.0213. The van der Waals surface area contributed by atoms with E-state index in [0.29, 0.717) is 30.3 Å². The van der Waals surface area contributed by atoms with Crippen LogP contribution in [0.1, 0.15) is 155 Å². The lowest BCUT2D eigenvalue weighted by Gasteiger charge is -2.24. The van der Waals surface area contributed by atoms with Gasteiger partial charge in [0, 0.05) is 12.8 Å². The maximum absolute atomic E-state index is 12.7. The van der Waals surface area contributed by atoms with Crippen molar-refractivity contribution in [2.75, 3.05) is 47.5 Å². The van der Waals surface area contributed by atoms with E-state index in [1.165, 1.54) is 51.4 Å². The second-order valence-electron chi connectivity index (χ2n) is 16.1. The van der Waals surface area contributed by atoms with Gasteiger partial charge in [-0.15, -0.1) is 0 Å². The highest BCUT2D eigenvalue weighted by Gasteiger charge is 2.27. The molecule has 0 heterocycles. The second kappa shape index (κ2) is 41.3. The van der Waals surface area contributed by atoms with E-state index >= 15 is 0 Å². The Morgan fingerprint density at radius 3 is 1.35 bits per heavy atom. The van der Waals surface area contributed by atoms with Crippen LogP contribution in [0.25, 0.3) is 0 Å². The Balaban J connectivity index is 4.52. The van der Waals surface area contributed by atoms with Gasteiger partial charge >= 0.3 is 19.8 Å². The number of carbonyl (C=O) groups is 2. The van der Waals surface area contributed by atoms with E-state index in [1.54, 1.807) is 0 Å². The van der Waals surface area contributed by atoms with Crippen molar-refractivity contribution < 1.29 is 42.1 Å². The lowest BCUT2D eigenvalue weighted by atomic mass is 10.1. The summed E-state index contributed by atoms with van der Waals surface area (Å²) in [6, 6.07) is 0. The molecule has 0 amide bonds. The summed E-state index contributed by atoms with van der Waals surface area (Å²) in [5, 5.41) is 0. The second-order valence-corrected chi connectivity index (χ2v) is 17.5. The summed E-state index contributed by atoms with van der Waals surface area (Å²) in [7, 11) is 1.41. The molecule has 0 radical (unpaired) electrons. The molecule has 0 aromatic rings. The minimum absolute atomic E-state index is 0.0105. The molecule has 0 saturated carbocycles. The average molecular weight is 859 g/mol. The van der Waals surface area contributed by atoms with E-state index in [-0.39, 0.29) is 26.1 Å². The number of phosphoric acid groups is 1. The molecule has 0 bridgehead atoms. The number of phosphoric ester groups is 1. The summed E-state index contributed by atoms with van der Waals surface area (Å²) in [5.74, 6) is -0.910. The fraction of sp³-hybridized carbons (Fsp3) is 0.640. The van der Waals surface area contributed by atoms with Gasteiger partial charge in [0.05, 0.1) is 27.7 Å². The summed E-state index contributed by atoms with van der Waals surface area (Å²) < 4.78 is 34.2. The van der Waals surface area contributed by atoms with Crippen molar-refractivity contribution in [2.24, 2.45) is 0 Å². The highest BCUT2D eigenvalue weighted by molar-refractivity contribution is 7.47. The van der Waals surface area contributed by atoms with Gasteiger partial charge in [0.15, 0.2) is 6.10 Å². The molecule has 1 N–H and O–H groups in total. The van der Waals surface area contributed by atoms with Crippen LogP contribution in [-0.4, -0.2) is 74.9 Å². The zero-order chi connectivity index (χ0) is 44.3. The van der Waals surface area contributed by atoms with E-state index in [4.69, 9.17) is 18.5 Å². The number of hydrogen-bond acceptors (Lipinski definition) is 7. The normalized spacial score (nSPS) is 14.4. The first-order valence-corrected chi connectivity index (χ1v) is 24.5. The van der Waals surface area contributed by atoms with Gasteiger partial charge in [-0.2, -0.15) is 0 Å².